The van der Waals surface area contributed by atoms with Crippen molar-refractivity contribution in [2.45, 2.75) is 13.3 Å². The van der Waals surface area contributed by atoms with Crippen LogP contribution < -0.4 is 15.6 Å². The van der Waals surface area contributed by atoms with E-state index in [1.54, 1.807) is 26.2 Å². The average Bonchev–Trinajstić information content (AvgIpc) is 2.74. The molecule has 2 heterocycles. The first-order valence-corrected chi connectivity index (χ1v) is 9.16. The van der Waals surface area contributed by atoms with Crippen LogP contribution in [-0.2, 0) is 11.2 Å². The molecule has 9 heteroatoms. The minimum absolute atomic E-state index is 0.0643. The quantitative estimate of drug-likeness (QED) is 0.574. The fraction of sp³-hybridized carbons (Fsp3) is 0.190. The largest absolute Gasteiger partial charge is 0.497 e. The van der Waals surface area contributed by atoms with Crippen LogP contribution in [-0.4, -0.2) is 40.5 Å². The Kier molecular flexibility index (Phi) is 6.53. The lowest BCUT2D eigenvalue weighted by Gasteiger charge is -2.07. The SMILES string of the molecule is CCOC(=O)c1ccnc(NC(=O)c2cc(=O)[nH]c(Cc3ccc(OC)cc3)n2)c1. The fourth-order valence-electron chi connectivity index (χ4n) is 2.67. The second kappa shape index (κ2) is 9.46. The van der Waals surface area contributed by atoms with Crippen molar-refractivity contribution in [2.24, 2.45) is 0 Å². The van der Waals surface area contributed by atoms with Crippen molar-refractivity contribution in [3.05, 3.63) is 81.7 Å². The fourth-order valence-corrected chi connectivity index (χ4v) is 2.67. The number of anilines is 1. The minimum Gasteiger partial charge on any atom is -0.497 e. The molecule has 0 aliphatic carbocycles. The van der Waals surface area contributed by atoms with Gasteiger partial charge in [0.1, 0.15) is 23.1 Å². The van der Waals surface area contributed by atoms with Gasteiger partial charge >= 0.3 is 5.97 Å². The zero-order chi connectivity index (χ0) is 21.5. The van der Waals surface area contributed by atoms with Crippen molar-refractivity contribution >= 4 is 17.7 Å². The third-order valence-electron chi connectivity index (χ3n) is 4.07. The second-order valence-electron chi connectivity index (χ2n) is 6.21. The number of amides is 1. The van der Waals surface area contributed by atoms with E-state index in [1.165, 1.54) is 18.3 Å². The molecule has 2 aromatic heterocycles. The van der Waals surface area contributed by atoms with Gasteiger partial charge in [-0.1, -0.05) is 12.1 Å². The third-order valence-corrected chi connectivity index (χ3v) is 4.07. The Balaban J connectivity index is 1.77. The third kappa shape index (κ3) is 5.28. The standard InChI is InChI=1S/C21H20N4O5/c1-3-30-21(28)14-8-9-22-17(11-14)25-20(27)16-12-19(26)24-18(23-16)10-13-4-6-15(29-2)7-5-13/h4-9,11-12H,3,10H2,1-2H3,(H,22,25,27)(H,23,24,26). The van der Waals surface area contributed by atoms with E-state index in [9.17, 15) is 14.4 Å². The molecule has 0 saturated heterocycles. The maximum absolute atomic E-state index is 12.6. The predicted octanol–water partition coefficient (Wildman–Crippen LogP) is 2.19. The molecule has 0 saturated carbocycles. The van der Waals surface area contributed by atoms with Gasteiger partial charge in [-0.2, -0.15) is 0 Å². The average molecular weight is 408 g/mol. The number of esters is 1. The normalized spacial score (nSPS) is 10.3. The molecule has 1 aromatic carbocycles. The van der Waals surface area contributed by atoms with Crippen molar-refractivity contribution in [3.8, 4) is 5.75 Å². The summed E-state index contributed by atoms with van der Waals surface area (Å²) in [6.07, 6.45) is 1.71. The monoisotopic (exact) mass is 408 g/mol. The van der Waals surface area contributed by atoms with Crippen LogP contribution in [0.25, 0.3) is 0 Å². The summed E-state index contributed by atoms with van der Waals surface area (Å²) < 4.78 is 10.1. The first-order chi connectivity index (χ1) is 14.5. The van der Waals surface area contributed by atoms with E-state index in [0.717, 1.165) is 11.6 Å². The Bertz CT molecular complexity index is 1110. The number of pyridine rings is 1. The maximum Gasteiger partial charge on any atom is 0.338 e. The van der Waals surface area contributed by atoms with Gasteiger partial charge in [0.25, 0.3) is 11.5 Å². The highest BCUT2D eigenvalue weighted by Crippen LogP contribution is 2.14. The highest BCUT2D eigenvalue weighted by Gasteiger charge is 2.14. The first-order valence-electron chi connectivity index (χ1n) is 9.16. The van der Waals surface area contributed by atoms with Crippen LogP contribution in [0.2, 0.25) is 0 Å². The summed E-state index contributed by atoms with van der Waals surface area (Å²) in [6, 6.07) is 11.3. The van der Waals surface area contributed by atoms with Crippen LogP contribution in [0.4, 0.5) is 5.82 Å². The van der Waals surface area contributed by atoms with Crippen LogP contribution >= 0.6 is 0 Å². The number of nitrogens with zero attached hydrogens (tertiary/aromatic N) is 2. The molecule has 0 fully saturated rings. The lowest BCUT2D eigenvalue weighted by Crippen LogP contribution is -2.21. The zero-order valence-electron chi connectivity index (χ0n) is 16.5. The number of benzene rings is 1. The first kappa shape index (κ1) is 20.7. The Morgan fingerprint density at radius 2 is 1.90 bits per heavy atom. The summed E-state index contributed by atoms with van der Waals surface area (Å²) in [5, 5.41) is 2.54. The lowest BCUT2D eigenvalue weighted by atomic mass is 10.1. The molecular formula is C21H20N4O5. The number of carbonyl (C=O) groups excluding carboxylic acids is 2. The molecule has 0 bridgehead atoms. The molecule has 2 N–H and O–H groups in total. The molecule has 154 valence electrons. The molecular weight excluding hydrogens is 388 g/mol. The molecule has 0 radical (unpaired) electrons. The zero-order valence-corrected chi connectivity index (χ0v) is 16.5. The molecule has 0 aliphatic heterocycles. The Morgan fingerprint density at radius 1 is 1.13 bits per heavy atom. The van der Waals surface area contributed by atoms with Crippen molar-refractivity contribution in [1.29, 1.82) is 0 Å². The van der Waals surface area contributed by atoms with E-state index >= 15 is 0 Å². The minimum atomic E-state index is -0.620. The molecule has 1 amide bonds. The summed E-state index contributed by atoms with van der Waals surface area (Å²) >= 11 is 0. The molecule has 9 nitrogen and oxygen atoms in total. The van der Waals surface area contributed by atoms with E-state index in [4.69, 9.17) is 9.47 Å². The van der Waals surface area contributed by atoms with Gasteiger partial charge in [0.05, 0.1) is 19.3 Å². The molecule has 0 atom stereocenters. The molecule has 3 rings (SSSR count). The number of nitrogens with one attached hydrogen (secondary N) is 2. The van der Waals surface area contributed by atoms with Gasteiger partial charge in [0.15, 0.2) is 0 Å². The molecule has 30 heavy (non-hydrogen) atoms. The molecule has 0 spiro atoms. The van der Waals surface area contributed by atoms with Gasteiger partial charge in [0.2, 0.25) is 0 Å². The number of hydrogen-bond acceptors (Lipinski definition) is 7. The van der Waals surface area contributed by atoms with Gasteiger partial charge in [-0.25, -0.2) is 14.8 Å². The summed E-state index contributed by atoms with van der Waals surface area (Å²) in [7, 11) is 1.58. The number of aromatic amines is 1. The van der Waals surface area contributed by atoms with Crippen molar-refractivity contribution in [3.63, 3.8) is 0 Å². The van der Waals surface area contributed by atoms with E-state index in [-0.39, 0.29) is 23.7 Å². The van der Waals surface area contributed by atoms with E-state index in [2.05, 4.69) is 20.3 Å². The number of ether oxygens (including phenoxy) is 2. The Morgan fingerprint density at radius 3 is 2.60 bits per heavy atom. The van der Waals surface area contributed by atoms with Gasteiger partial charge in [0, 0.05) is 18.7 Å². The highest BCUT2D eigenvalue weighted by atomic mass is 16.5. The van der Waals surface area contributed by atoms with Crippen LogP contribution in [0.15, 0.2) is 53.5 Å². The number of aromatic nitrogens is 3. The van der Waals surface area contributed by atoms with Crippen LogP contribution in [0.5, 0.6) is 5.75 Å². The predicted molar refractivity (Wildman–Crippen MR) is 109 cm³/mol. The lowest BCUT2D eigenvalue weighted by molar-refractivity contribution is 0.0526. The maximum atomic E-state index is 12.6. The van der Waals surface area contributed by atoms with E-state index in [1.807, 2.05) is 12.1 Å². The molecule has 0 unspecified atom stereocenters. The van der Waals surface area contributed by atoms with E-state index in [0.29, 0.717) is 18.0 Å². The number of methoxy groups -OCH3 is 1. The van der Waals surface area contributed by atoms with Crippen molar-refractivity contribution < 1.29 is 19.1 Å². The van der Waals surface area contributed by atoms with Crippen molar-refractivity contribution in [2.75, 3.05) is 19.0 Å². The molecule has 3 aromatic rings. The van der Waals surface area contributed by atoms with Crippen molar-refractivity contribution in [1.82, 2.24) is 15.0 Å². The van der Waals surface area contributed by atoms with Gasteiger partial charge < -0.3 is 19.8 Å². The molecule has 0 aliphatic rings. The second-order valence-corrected chi connectivity index (χ2v) is 6.21. The van der Waals surface area contributed by atoms with Gasteiger partial charge in [-0.15, -0.1) is 0 Å². The number of H-pyrrole nitrogens is 1. The van der Waals surface area contributed by atoms with E-state index < -0.39 is 17.4 Å². The summed E-state index contributed by atoms with van der Waals surface area (Å²) in [5.41, 5.74) is 0.624. The Hall–Kier alpha value is -4.01. The number of carbonyl (C=O) groups is 2. The smallest absolute Gasteiger partial charge is 0.338 e. The van der Waals surface area contributed by atoms with Crippen LogP contribution in [0.3, 0.4) is 0 Å². The van der Waals surface area contributed by atoms with Crippen LogP contribution in [0, 0.1) is 0 Å². The topological polar surface area (TPSA) is 123 Å². The van der Waals surface area contributed by atoms with Gasteiger partial charge in [-0.05, 0) is 36.8 Å². The highest BCUT2D eigenvalue weighted by molar-refractivity contribution is 6.02. The number of rotatable bonds is 7. The summed E-state index contributed by atoms with van der Waals surface area (Å²) in [6.45, 7) is 1.93. The van der Waals surface area contributed by atoms with Gasteiger partial charge in [-0.3, -0.25) is 9.59 Å². The Labute approximate surface area is 172 Å². The summed E-state index contributed by atoms with van der Waals surface area (Å²) in [4.78, 5) is 47.3. The number of hydrogen-bond donors (Lipinski definition) is 2. The summed E-state index contributed by atoms with van der Waals surface area (Å²) in [5.74, 6) is 0.0540. The van der Waals surface area contributed by atoms with Crippen LogP contribution in [0.1, 0.15) is 39.2 Å².